The highest BCUT2D eigenvalue weighted by Gasteiger charge is 2.05. The number of aryl methyl sites for hydroxylation is 1. The van der Waals surface area contributed by atoms with Gasteiger partial charge in [-0.25, -0.2) is 0 Å². The molecule has 0 aliphatic carbocycles. The monoisotopic (exact) mass is 265 g/mol. The molecule has 0 radical (unpaired) electrons. The maximum atomic E-state index is 11.2. The van der Waals surface area contributed by atoms with Crippen LogP contribution in [0.5, 0.6) is 5.75 Å². The average Bonchev–Trinajstić information content (AvgIpc) is 2.43. The van der Waals surface area contributed by atoms with E-state index in [4.69, 9.17) is 9.47 Å². The average molecular weight is 265 g/mol. The van der Waals surface area contributed by atoms with Crippen LogP contribution < -0.4 is 10.1 Å². The molecule has 0 atom stereocenters. The molecule has 0 bridgehead atoms. The molecule has 1 aromatic rings. The minimum Gasteiger partial charge on any atom is -0.496 e. The number of rotatable bonds is 8. The van der Waals surface area contributed by atoms with Crippen LogP contribution in [0.15, 0.2) is 18.2 Å². The zero-order valence-electron chi connectivity index (χ0n) is 12.0. The van der Waals surface area contributed by atoms with Crippen molar-refractivity contribution in [3.05, 3.63) is 29.3 Å². The lowest BCUT2D eigenvalue weighted by Crippen LogP contribution is -2.26. The van der Waals surface area contributed by atoms with Gasteiger partial charge in [-0.15, -0.1) is 0 Å². The van der Waals surface area contributed by atoms with Crippen LogP contribution in [0.4, 0.5) is 0 Å². The van der Waals surface area contributed by atoms with Gasteiger partial charge in [0.05, 0.1) is 20.3 Å². The molecule has 4 nitrogen and oxygen atoms in total. The fourth-order valence-electron chi connectivity index (χ4n) is 1.87. The Labute approximate surface area is 115 Å². The summed E-state index contributed by atoms with van der Waals surface area (Å²) in [5, 5.41) is 3.08. The van der Waals surface area contributed by atoms with Crippen LogP contribution in [0, 0.1) is 0 Å². The molecular formula is C15H23NO3. The van der Waals surface area contributed by atoms with Crippen LogP contribution in [-0.4, -0.2) is 32.8 Å². The number of carbonyl (C=O) groups is 1. The van der Waals surface area contributed by atoms with E-state index in [1.54, 1.807) is 14.0 Å². The molecule has 1 N–H and O–H groups in total. The van der Waals surface area contributed by atoms with Gasteiger partial charge in [0, 0.05) is 0 Å². The molecule has 1 rings (SSSR count). The van der Waals surface area contributed by atoms with Crippen molar-refractivity contribution in [3.8, 4) is 5.75 Å². The summed E-state index contributed by atoms with van der Waals surface area (Å²) in [5.74, 6) is 0.687. The molecule has 0 saturated carbocycles. The summed E-state index contributed by atoms with van der Waals surface area (Å²) in [6.07, 6.45) is 1.84. The van der Waals surface area contributed by atoms with Crippen LogP contribution in [0.25, 0.3) is 0 Å². The highest BCUT2D eigenvalue weighted by atomic mass is 16.5. The van der Waals surface area contributed by atoms with E-state index < -0.39 is 0 Å². The number of nitrogens with one attached hydrogen (secondary N) is 1. The Kier molecular flexibility index (Phi) is 6.97. The summed E-state index contributed by atoms with van der Waals surface area (Å²) < 4.78 is 10.2. The predicted molar refractivity (Wildman–Crippen MR) is 75.6 cm³/mol. The van der Waals surface area contributed by atoms with E-state index in [1.165, 1.54) is 11.1 Å². The van der Waals surface area contributed by atoms with E-state index in [2.05, 4.69) is 24.4 Å². The largest absolute Gasteiger partial charge is 0.496 e. The first-order valence-corrected chi connectivity index (χ1v) is 6.73. The topological polar surface area (TPSA) is 47.6 Å². The number of hydrogen-bond donors (Lipinski definition) is 1. The lowest BCUT2D eigenvalue weighted by Gasteiger charge is -2.10. The lowest BCUT2D eigenvalue weighted by atomic mass is 10.1. The summed E-state index contributed by atoms with van der Waals surface area (Å²) in [7, 11) is 1.68. The van der Waals surface area contributed by atoms with Gasteiger partial charge < -0.3 is 14.8 Å². The van der Waals surface area contributed by atoms with Gasteiger partial charge in [0.25, 0.3) is 0 Å². The Morgan fingerprint density at radius 2 is 2.11 bits per heavy atom. The fraction of sp³-hybridized carbons (Fsp3) is 0.533. The SMILES string of the molecule is CCOC(=O)CNCCc1cc(CC)ccc1OC. The van der Waals surface area contributed by atoms with E-state index in [9.17, 15) is 4.79 Å². The quantitative estimate of drug-likeness (QED) is 0.576. The van der Waals surface area contributed by atoms with E-state index in [-0.39, 0.29) is 12.5 Å². The molecule has 0 heterocycles. The first-order chi connectivity index (χ1) is 9.21. The standard InChI is InChI=1S/C15H23NO3/c1-4-12-6-7-14(18-3)13(10-12)8-9-16-11-15(17)19-5-2/h6-7,10,16H,4-5,8-9,11H2,1-3H3. The van der Waals surface area contributed by atoms with Crippen LogP contribution in [0.1, 0.15) is 25.0 Å². The molecule has 0 fully saturated rings. The summed E-state index contributed by atoms with van der Waals surface area (Å²) >= 11 is 0. The third kappa shape index (κ3) is 5.30. The van der Waals surface area contributed by atoms with Crippen molar-refractivity contribution < 1.29 is 14.3 Å². The molecule has 106 valence electrons. The van der Waals surface area contributed by atoms with Crippen molar-refractivity contribution in [1.82, 2.24) is 5.32 Å². The van der Waals surface area contributed by atoms with Crippen molar-refractivity contribution in [2.75, 3.05) is 26.8 Å². The molecule has 1 aromatic carbocycles. The molecule has 0 aliphatic rings. The van der Waals surface area contributed by atoms with Gasteiger partial charge in [0.1, 0.15) is 5.75 Å². The minimum atomic E-state index is -0.211. The van der Waals surface area contributed by atoms with Crippen molar-refractivity contribution in [1.29, 1.82) is 0 Å². The molecule has 4 heteroatoms. The van der Waals surface area contributed by atoms with Gasteiger partial charge in [-0.3, -0.25) is 4.79 Å². The normalized spacial score (nSPS) is 10.3. The zero-order valence-corrected chi connectivity index (χ0v) is 12.0. The molecule has 0 amide bonds. The Balaban J connectivity index is 2.45. The van der Waals surface area contributed by atoms with Gasteiger partial charge >= 0.3 is 5.97 Å². The van der Waals surface area contributed by atoms with E-state index >= 15 is 0 Å². The molecule has 0 aliphatic heterocycles. The number of ether oxygens (including phenoxy) is 2. The van der Waals surface area contributed by atoms with Gasteiger partial charge in [-0.05, 0) is 43.5 Å². The smallest absolute Gasteiger partial charge is 0.319 e. The Hall–Kier alpha value is -1.55. The molecule has 0 saturated heterocycles. The van der Waals surface area contributed by atoms with E-state index in [1.807, 2.05) is 6.07 Å². The third-order valence-electron chi connectivity index (χ3n) is 2.90. The van der Waals surface area contributed by atoms with Gasteiger partial charge in [-0.1, -0.05) is 19.1 Å². The van der Waals surface area contributed by atoms with Crippen LogP contribution >= 0.6 is 0 Å². The zero-order chi connectivity index (χ0) is 14.1. The minimum absolute atomic E-state index is 0.211. The molecule has 0 aromatic heterocycles. The number of carbonyl (C=O) groups excluding carboxylic acids is 1. The highest BCUT2D eigenvalue weighted by Crippen LogP contribution is 2.20. The maximum absolute atomic E-state index is 11.2. The second-order valence-corrected chi connectivity index (χ2v) is 4.23. The third-order valence-corrected chi connectivity index (χ3v) is 2.90. The van der Waals surface area contributed by atoms with Crippen LogP contribution in [0.3, 0.4) is 0 Å². The Morgan fingerprint density at radius 3 is 2.74 bits per heavy atom. The number of benzene rings is 1. The maximum Gasteiger partial charge on any atom is 0.319 e. The predicted octanol–water partition coefficient (Wildman–Crippen LogP) is 1.95. The number of esters is 1. The number of methoxy groups -OCH3 is 1. The summed E-state index contributed by atoms with van der Waals surface area (Å²) in [6, 6.07) is 6.23. The van der Waals surface area contributed by atoms with Crippen LogP contribution in [0.2, 0.25) is 0 Å². The molecule has 0 unspecified atom stereocenters. The summed E-state index contributed by atoms with van der Waals surface area (Å²) in [5.41, 5.74) is 2.46. The summed E-state index contributed by atoms with van der Waals surface area (Å²) in [6.45, 7) is 5.34. The summed E-state index contributed by atoms with van der Waals surface area (Å²) in [4.78, 5) is 11.2. The second-order valence-electron chi connectivity index (χ2n) is 4.23. The van der Waals surface area contributed by atoms with Crippen molar-refractivity contribution in [2.24, 2.45) is 0 Å². The Morgan fingerprint density at radius 1 is 1.32 bits per heavy atom. The second kappa shape index (κ2) is 8.53. The van der Waals surface area contributed by atoms with E-state index in [0.29, 0.717) is 6.61 Å². The Bertz CT molecular complexity index is 404. The van der Waals surface area contributed by atoms with Gasteiger partial charge in [0.2, 0.25) is 0 Å². The number of hydrogen-bond acceptors (Lipinski definition) is 4. The van der Waals surface area contributed by atoms with Gasteiger partial charge in [-0.2, -0.15) is 0 Å². The highest BCUT2D eigenvalue weighted by molar-refractivity contribution is 5.71. The van der Waals surface area contributed by atoms with E-state index in [0.717, 1.165) is 25.1 Å². The first-order valence-electron chi connectivity index (χ1n) is 6.73. The van der Waals surface area contributed by atoms with Crippen LogP contribution in [-0.2, 0) is 22.4 Å². The van der Waals surface area contributed by atoms with Gasteiger partial charge in [0.15, 0.2) is 0 Å². The molecular weight excluding hydrogens is 242 g/mol. The van der Waals surface area contributed by atoms with Crippen molar-refractivity contribution >= 4 is 5.97 Å². The van der Waals surface area contributed by atoms with Crippen molar-refractivity contribution in [3.63, 3.8) is 0 Å². The first kappa shape index (κ1) is 15.5. The lowest BCUT2D eigenvalue weighted by molar-refractivity contribution is -0.141. The molecule has 19 heavy (non-hydrogen) atoms. The van der Waals surface area contributed by atoms with Crippen molar-refractivity contribution in [2.45, 2.75) is 26.7 Å². The fourth-order valence-corrected chi connectivity index (χ4v) is 1.87. The molecule has 0 spiro atoms.